The molecular weight excluding hydrogens is 376 g/mol. The van der Waals surface area contributed by atoms with Crippen LogP contribution in [0.15, 0.2) is 35.0 Å². The maximum atomic E-state index is 12.6. The van der Waals surface area contributed by atoms with Crippen molar-refractivity contribution in [2.75, 3.05) is 5.73 Å². The number of aromatic hydroxyl groups is 1. The first-order chi connectivity index (χ1) is 13.9. The second-order valence-electron chi connectivity index (χ2n) is 6.31. The first-order valence-electron chi connectivity index (χ1n) is 8.80. The summed E-state index contributed by atoms with van der Waals surface area (Å²) < 4.78 is 6.77. The van der Waals surface area contributed by atoms with E-state index in [9.17, 15) is 25.1 Å². The third-order valence-corrected chi connectivity index (χ3v) is 4.57. The maximum Gasteiger partial charge on any atom is 0.340 e. The van der Waals surface area contributed by atoms with Gasteiger partial charge in [0.25, 0.3) is 0 Å². The lowest BCUT2D eigenvalue weighted by Crippen LogP contribution is -2.09. The molecule has 0 spiro atoms. The minimum atomic E-state index is -1.27. The Morgan fingerprint density at radius 3 is 2.59 bits per heavy atom. The second-order valence-corrected chi connectivity index (χ2v) is 6.31. The number of aromatic carboxylic acids is 1. The average Bonchev–Trinajstić information content (AvgIpc) is 3.27. The summed E-state index contributed by atoms with van der Waals surface area (Å²) in [6.45, 7) is 2.22. The molecule has 0 radical (unpaired) electrons. The minimum absolute atomic E-state index is 0.0251. The number of phenols is 1. The Hall–Kier alpha value is -4.06. The molecule has 0 bridgehead atoms. The molecule has 3 aromatic rings. The highest BCUT2D eigenvalue weighted by molar-refractivity contribution is 6.08. The van der Waals surface area contributed by atoms with Crippen LogP contribution in [-0.2, 0) is 13.0 Å². The molecule has 9 heteroatoms. The summed E-state index contributed by atoms with van der Waals surface area (Å²) >= 11 is 0. The number of ketones is 1. The third kappa shape index (κ3) is 3.68. The zero-order chi connectivity index (χ0) is 21.1. The molecule has 0 aliphatic carbocycles. The zero-order valence-corrected chi connectivity index (χ0v) is 15.5. The van der Waals surface area contributed by atoms with Crippen LogP contribution in [0.2, 0.25) is 0 Å². The quantitative estimate of drug-likeness (QED) is 0.517. The van der Waals surface area contributed by atoms with Gasteiger partial charge < -0.3 is 25.0 Å². The molecule has 0 aliphatic rings. The number of carbonyl (C=O) groups is 2. The summed E-state index contributed by atoms with van der Waals surface area (Å²) in [6.07, 6.45) is 1.46. The molecule has 0 fully saturated rings. The first kappa shape index (κ1) is 19.7. The van der Waals surface area contributed by atoms with Gasteiger partial charge in [-0.25, -0.2) is 4.79 Å². The Kier molecular flexibility index (Phi) is 5.36. The largest absolute Gasteiger partial charge is 0.508 e. The van der Waals surface area contributed by atoms with Crippen molar-refractivity contribution in [3.8, 4) is 23.1 Å². The number of rotatable bonds is 7. The van der Waals surface area contributed by atoms with Crippen LogP contribution in [0.4, 0.5) is 5.82 Å². The van der Waals surface area contributed by atoms with Gasteiger partial charge in [0.05, 0.1) is 5.56 Å². The molecule has 0 atom stereocenters. The SMILES string of the molecule is CCn1cc(C(=O)CCc2noc(-c3ccc(O)cc3)c2C#N)c(C(=O)O)c1N. The Morgan fingerprint density at radius 2 is 2.00 bits per heavy atom. The lowest BCUT2D eigenvalue weighted by molar-refractivity contribution is 0.0693. The summed E-state index contributed by atoms with van der Waals surface area (Å²) in [6, 6.07) is 8.11. The number of benzene rings is 1. The first-order valence-corrected chi connectivity index (χ1v) is 8.80. The van der Waals surface area contributed by atoms with Crippen molar-refractivity contribution in [2.45, 2.75) is 26.3 Å². The van der Waals surface area contributed by atoms with Gasteiger partial charge in [-0.3, -0.25) is 4.79 Å². The number of carbonyl (C=O) groups excluding carboxylic acids is 1. The number of nitrogens with two attached hydrogens (primary N) is 1. The van der Waals surface area contributed by atoms with Gasteiger partial charge in [0.1, 0.15) is 34.5 Å². The van der Waals surface area contributed by atoms with Crippen molar-refractivity contribution in [3.05, 3.63) is 52.8 Å². The Bertz CT molecular complexity index is 1120. The molecule has 9 nitrogen and oxygen atoms in total. The zero-order valence-electron chi connectivity index (χ0n) is 15.5. The van der Waals surface area contributed by atoms with Crippen LogP contribution in [0.5, 0.6) is 5.75 Å². The highest BCUT2D eigenvalue weighted by Gasteiger charge is 2.25. The highest BCUT2D eigenvalue weighted by Crippen LogP contribution is 2.28. The topological polar surface area (TPSA) is 155 Å². The lowest BCUT2D eigenvalue weighted by atomic mass is 10.0. The number of aromatic nitrogens is 2. The van der Waals surface area contributed by atoms with Gasteiger partial charge in [0.15, 0.2) is 11.5 Å². The third-order valence-electron chi connectivity index (χ3n) is 4.57. The smallest absolute Gasteiger partial charge is 0.340 e. The van der Waals surface area contributed by atoms with E-state index in [1.54, 1.807) is 19.1 Å². The number of nitrogens with zero attached hydrogens (tertiary/aromatic N) is 3. The molecule has 2 heterocycles. The number of hydrogen-bond donors (Lipinski definition) is 3. The van der Waals surface area contributed by atoms with Crippen LogP contribution < -0.4 is 5.73 Å². The highest BCUT2D eigenvalue weighted by atomic mass is 16.5. The second kappa shape index (κ2) is 7.90. The summed E-state index contributed by atoms with van der Waals surface area (Å²) in [5, 5.41) is 32.2. The molecule has 0 saturated heterocycles. The van der Waals surface area contributed by atoms with Gasteiger partial charge >= 0.3 is 5.97 Å². The van der Waals surface area contributed by atoms with E-state index in [1.807, 2.05) is 6.07 Å². The van der Waals surface area contributed by atoms with Crippen LogP contribution in [0.3, 0.4) is 0 Å². The molecule has 148 valence electrons. The summed E-state index contributed by atoms with van der Waals surface area (Å²) in [7, 11) is 0. The van der Waals surface area contributed by atoms with E-state index in [4.69, 9.17) is 10.3 Å². The summed E-state index contributed by atoms with van der Waals surface area (Å²) in [4.78, 5) is 24.1. The van der Waals surface area contributed by atoms with Crippen molar-refractivity contribution in [3.63, 3.8) is 0 Å². The van der Waals surface area contributed by atoms with Gasteiger partial charge in [0, 0.05) is 31.1 Å². The molecule has 0 amide bonds. The lowest BCUT2D eigenvalue weighted by Gasteiger charge is -2.01. The fourth-order valence-corrected chi connectivity index (χ4v) is 3.05. The van der Waals surface area contributed by atoms with Gasteiger partial charge in [-0.1, -0.05) is 5.16 Å². The van der Waals surface area contributed by atoms with Gasteiger partial charge in [0.2, 0.25) is 0 Å². The molecular formula is C20H18N4O5. The van der Waals surface area contributed by atoms with Gasteiger partial charge in [-0.2, -0.15) is 5.26 Å². The number of aryl methyl sites for hydroxylation is 2. The fourth-order valence-electron chi connectivity index (χ4n) is 3.05. The predicted octanol–water partition coefficient (Wildman–Crippen LogP) is 2.84. The van der Waals surface area contributed by atoms with Crippen LogP contribution in [0.1, 0.15) is 45.3 Å². The minimum Gasteiger partial charge on any atom is -0.508 e. The molecule has 0 unspecified atom stereocenters. The van der Waals surface area contributed by atoms with Crippen LogP contribution >= 0.6 is 0 Å². The Labute approximate surface area is 165 Å². The van der Waals surface area contributed by atoms with E-state index >= 15 is 0 Å². The number of hydrogen-bond acceptors (Lipinski definition) is 7. The monoisotopic (exact) mass is 394 g/mol. The van der Waals surface area contributed by atoms with E-state index < -0.39 is 11.8 Å². The van der Waals surface area contributed by atoms with E-state index in [1.165, 1.54) is 22.9 Å². The van der Waals surface area contributed by atoms with Crippen LogP contribution in [-0.4, -0.2) is 31.7 Å². The van der Waals surface area contributed by atoms with Crippen LogP contribution in [0, 0.1) is 11.3 Å². The van der Waals surface area contributed by atoms with E-state index in [-0.39, 0.29) is 46.9 Å². The number of phenolic OH excluding ortho intramolecular Hbond substituents is 1. The summed E-state index contributed by atoms with van der Waals surface area (Å²) in [5.74, 6) is -1.35. The molecule has 29 heavy (non-hydrogen) atoms. The Balaban J connectivity index is 1.84. The van der Waals surface area contributed by atoms with E-state index in [0.717, 1.165) is 0 Å². The standard InChI is InChI=1S/C20H18N4O5/c1-2-24-10-14(17(19(24)22)20(27)28)16(26)8-7-15-13(9-21)18(29-23-15)11-3-5-12(25)6-4-11/h3-6,10,25H,2,7-8,22H2,1H3,(H,27,28). The van der Waals surface area contributed by atoms with Crippen molar-refractivity contribution < 1.29 is 24.3 Å². The number of nitrogen functional groups attached to an aromatic ring is 1. The van der Waals surface area contributed by atoms with Crippen molar-refractivity contribution in [1.82, 2.24) is 9.72 Å². The normalized spacial score (nSPS) is 10.6. The number of carboxylic acids is 1. The van der Waals surface area contributed by atoms with Gasteiger partial charge in [-0.05, 0) is 31.2 Å². The van der Waals surface area contributed by atoms with Crippen molar-refractivity contribution in [1.29, 1.82) is 5.26 Å². The van der Waals surface area contributed by atoms with E-state index in [2.05, 4.69) is 5.16 Å². The Morgan fingerprint density at radius 1 is 1.31 bits per heavy atom. The van der Waals surface area contributed by atoms with Gasteiger partial charge in [-0.15, -0.1) is 0 Å². The van der Waals surface area contributed by atoms with E-state index in [0.29, 0.717) is 17.8 Å². The van der Waals surface area contributed by atoms with Crippen molar-refractivity contribution >= 4 is 17.6 Å². The molecule has 2 aromatic heterocycles. The summed E-state index contributed by atoms with van der Waals surface area (Å²) in [5.41, 5.74) is 6.68. The number of anilines is 1. The molecule has 3 rings (SSSR count). The molecule has 4 N–H and O–H groups in total. The predicted molar refractivity (Wildman–Crippen MR) is 102 cm³/mol. The maximum absolute atomic E-state index is 12.6. The average molecular weight is 394 g/mol. The number of nitriles is 1. The van der Waals surface area contributed by atoms with Crippen LogP contribution in [0.25, 0.3) is 11.3 Å². The molecule has 1 aromatic carbocycles. The number of Topliss-reactive ketones (excluding diaryl/α,β-unsaturated/α-hetero) is 1. The molecule has 0 aliphatic heterocycles. The van der Waals surface area contributed by atoms with Crippen molar-refractivity contribution in [2.24, 2.45) is 0 Å². The molecule has 0 saturated carbocycles. The fraction of sp³-hybridized carbons (Fsp3) is 0.200. The number of carboxylic acid groups (broad SMARTS) is 1.